The number of aromatic nitrogens is 1. The van der Waals surface area contributed by atoms with E-state index in [1.54, 1.807) is 18.2 Å². The maximum absolute atomic E-state index is 12.0. The number of hydrogen-bond donors (Lipinski definition) is 1. The molecule has 1 aromatic carbocycles. The average molecular weight is 322 g/mol. The zero-order chi connectivity index (χ0) is 15.9. The number of halogens is 1. The van der Waals surface area contributed by atoms with Crippen LogP contribution in [0.1, 0.15) is 24.3 Å². The molecule has 1 heterocycles. The summed E-state index contributed by atoms with van der Waals surface area (Å²) in [4.78, 5) is 14.3. The van der Waals surface area contributed by atoms with Gasteiger partial charge < -0.3 is 14.7 Å². The second-order valence-corrected chi connectivity index (χ2v) is 5.30. The Morgan fingerprint density at radius 1 is 1.27 bits per heavy atom. The Balaban J connectivity index is 1.93. The van der Waals surface area contributed by atoms with Crippen molar-refractivity contribution in [3.05, 3.63) is 41.0 Å². The first kappa shape index (κ1) is 16.5. The normalized spacial score (nSPS) is 10.9. The first-order valence-corrected chi connectivity index (χ1v) is 7.75. The lowest BCUT2D eigenvalue weighted by atomic mass is 10.1. The highest BCUT2D eigenvalue weighted by Crippen LogP contribution is 2.22. The quantitative estimate of drug-likeness (QED) is 0.851. The third kappa shape index (κ3) is 4.32. The number of benzene rings is 1. The Kier molecular flexibility index (Phi) is 5.98. The van der Waals surface area contributed by atoms with E-state index in [1.807, 2.05) is 12.1 Å². The summed E-state index contributed by atoms with van der Waals surface area (Å²) in [5, 5.41) is 7.32. The minimum absolute atomic E-state index is 0.226. The van der Waals surface area contributed by atoms with Gasteiger partial charge in [-0.15, -0.1) is 0 Å². The molecule has 6 heteroatoms. The molecule has 1 aromatic heterocycles. The smallest absolute Gasteiger partial charge is 0.273 e. The number of rotatable bonds is 7. The van der Waals surface area contributed by atoms with Gasteiger partial charge in [0, 0.05) is 29.7 Å². The Morgan fingerprint density at radius 2 is 1.95 bits per heavy atom. The number of carbonyl (C=O) groups is 1. The molecule has 0 saturated carbocycles. The predicted molar refractivity (Wildman–Crippen MR) is 87.1 cm³/mol. The molecule has 0 saturated heterocycles. The molecule has 0 bridgehead atoms. The lowest BCUT2D eigenvalue weighted by Crippen LogP contribution is -2.34. The fourth-order valence-corrected chi connectivity index (χ4v) is 2.22. The van der Waals surface area contributed by atoms with Gasteiger partial charge in [0.2, 0.25) is 0 Å². The number of nitrogens with zero attached hydrogens (tertiary/aromatic N) is 2. The second-order valence-electron chi connectivity index (χ2n) is 4.87. The molecule has 0 aliphatic heterocycles. The molecular weight excluding hydrogens is 302 g/mol. The molecule has 0 atom stereocenters. The first-order valence-electron chi connectivity index (χ1n) is 7.37. The van der Waals surface area contributed by atoms with Crippen molar-refractivity contribution in [1.29, 1.82) is 0 Å². The van der Waals surface area contributed by atoms with Crippen LogP contribution in [0.5, 0.6) is 0 Å². The summed E-state index contributed by atoms with van der Waals surface area (Å²) >= 11 is 5.85. The van der Waals surface area contributed by atoms with E-state index in [2.05, 4.69) is 29.2 Å². The summed E-state index contributed by atoms with van der Waals surface area (Å²) in [6, 6.07) is 8.82. The van der Waals surface area contributed by atoms with Gasteiger partial charge in [0.1, 0.15) is 0 Å². The molecule has 5 nitrogen and oxygen atoms in total. The highest BCUT2D eigenvalue weighted by atomic mass is 35.5. The standard InChI is InChI=1S/C16H20ClN3O2/c1-3-20(4-2)10-9-18-16(21)14-11-15(22-19-14)12-5-7-13(17)8-6-12/h5-8,11H,3-4,9-10H2,1-2H3,(H,18,21). The van der Waals surface area contributed by atoms with Crippen molar-refractivity contribution in [2.24, 2.45) is 0 Å². The molecular formula is C16H20ClN3O2. The van der Waals surface area contributed by atoms with Gasteiger partial charge in [0.15, 0.2) is 11.5 Å². The van der Waals surface area contributed by atoms with Crippen molar-refractivity contribution in [2.75, 3.05) is 26.2 Å². The van der Waals surface area contributed by atoms with E-state index >= 15 is 0 Å². The van der Waals surface area contributed by atoms with Crippen molar-refractivity contribution in [3.63, 3.8) is 0 Å². The second kappa shape index (κ2) is 7.96. The highest BCUT2D eigenvalue weighted by molar-refractivity contribution is 6.30. The van der Waals surface area contributed by atoms with Gasteiger partial charge in [0.25, 0.3) is 5.91 Å². The van der Waals surface area contributed by atoms with Gasteiger partial charge in [-0.2, -0.15) is 0 Å². The molecule has 0 aliphatic carbocycles. The minimum atomic E-state index is -0.226. The van der Waals surface area contributed by atoms with E-state index in [4.69, 9.17) is 16.1 Å². The average Bonchev–Trinajstić information content (AvgIpc) is 3.02. The third-order valence-corrected chi connectivity index (χ3v) is 3.73. The van der Waals surface area contributed by atoms with Crippen LogP contribution in [0.2, 0.25) is 5.02 Å². The van der Waals surface area contributed by atoms with Crippen LogP contribution in [-0.4, -0.2) is 42.1 Å². The maximum atomic E-state index is 12.0. The molecule has 0 radical (unpaired) electrons. The number of carbonyl (C=O) groups excluding carboxylic acids is 1. The molecule has 0 aliphatic rings. The van der Waals surface area contributed by atoms with Crippen molar-refractivity contribution in [2.45, 2.75) is 13.8 Å². The SMILES string of the molecule is CCN(CC)CCNC(=O)c1cc(-c2ccc(Cl)cc2)on1. The van der Waals surface area contributed by atoms with E-state index in [0.717, 1.165) is 25.2 Å². The number of nitrogens with one attached hydrogen (secondary N) is 1. The minimum Gasteiger partial charge on any atom is -0.355 e. The van der Waals surface area contributed by atoms with Crippen LogP contribution in [0, 0.1) is 0 Å². The molecule has 2 rings (SSSR count). The molecule has 0 fully saturated rings. The Labute approximate surface area is 135 Å². The highest BCUT2D eigenvalue weighted by Gasteiger charge is 2.13. The van der Waals surface area contributed by atoms with Gasteiger partial charge in [-0.1, -0.05) is 30.6 Å². The summed E-state index contributed by atoms with van der Waals surface area (Å²) in [5.74, 6) is 0.321. The van der Waals surface area contributed by atoms with Crippen molar-refractivity contribution < 1.29 is 9.32 Å². The molecule has 118 valence electrons. The fraction of sp³-hybridized carbons (Fsp3) is 0.375. The molecule has 2 aromatic rings. The molecule has 1 amide bonds. The molecule has 0 unspecified atom stereocenters. The Morgan fingerprint density at radius 3 is 2.59 bits per heavy atom. The molecule has 1 N–H and O–H groups in total. The number of amides is 1. The van der Waals surface area contributed by atoms with Crippen LogP contribution in [0.25, 0.3) is 11.3 Å². The van der Waals surface area contributed by atoms with Gasteiger partial charge in [-0.3, -0.25) is 4.79 Å². The van der Waals surface area contributed by atoms with Crippen molar-refractivity contribution >= 4 is 17.5 Å². The molecule has 0 spiro atoms. The summed E-state index contributed by atoms with van der Waals surface area (Å²) in [7, 11) is 0. The van der Waals surface area contributed by atoms with E-state index in [0.29, 0.717) is 17.3 Å². The van der Waals surface area contributed by atoms with E-state index in [1.165, 1.54) is 0 Å². The van der Waals surface area contributed by atoms with Crippen LogP contribution in [0.3, 0.4) is 0 Å². The summed E-state index contributed by atoms with van der Waals surface area (Å²) in [6.45, 7) is 7.54. The largest absolute Gasteiger partial charge is 0.355 e. The predicted octanol–water partition coefficient (Wildman–Crippen LogP) is 3.07. The topological polar surface area (TPSA) is 58.4 Å². The van der Waals surface area contributed by atoms with Crippen molar-refractivity contribution in [1.82, 2.24) is 15.4 Å². The van der Waals surface area contributed by atoms with Crippen LogP contribution < -0.4 is 5.32 Å². The number of likely N-dealkylation sites (N-methyl/N-ethyl adjacent to an activating group) is 1. The first-order chi connectivity index (χ1) is 10.6. The molecule has 22 heavy (non-hydrogen) atoms. The zero-order valence-electron chi connectivity index (χ0n) is 12.8. The Bertz CT molecular complexity index is 606. The van der Waals surface area contributed by atoms with Gasteiger partial charge in [-0.25, -0.2) is 0 Å². The number of hydrogen-bond acceptors (Lipinski definition) is 4. The lowest BCUT2D eigenvalue weighted by Gasteiger charge is -2.17. The maximum Gasteiger partial charge on any atom is 0.273 e. The van der Waals surface area contributed by atoms with Crippen molar-refractivity contribution in [3.8, 4) is 11.3 Å². The zero-order valence-corrected chi connectivity index (χ0v) is 13.6. The van der Waals surface area contributed by atoms with E-state index in [-0.39, 0.29) is 11.6 Å². The van der Waals surface area contributed by atoms with Crippen LogP contribution in [-0.2, 0) is 0 Å². The third-order valence-electron chi connectivity index (χ3n) is 3.48. The Hall–Kier alpha value is -1.85. The van der Waals surface area contributed by atoms with Crippen LogP contribution >= 0.6 is 11.6 Å². The van der Waals surface area contributed by atoms with Gasteiger partial charge in [-0.05, 0) is 37.4 Å². The monoisotopic (exact) mass is 321 g/mol. The summed E-state index contributed by atoms with van der Waals surface area (Å²) < 4.78 is 5.22. The lowest BCUT2D eigenvalue weighted by molar-refractivity contribution is 0.0940. The van der Waals surface area contributed by atoms with Gasteiger partial charge >= 0.3 is 0 Å². The summed E-state index contributed by atoms with van der Waals surface area (Å²) in [5.41, 5.74) is 1.11. The van der Waals surface area contributed by atoms with Crippen LogP contribution in [0.15, 0.2) is 34.9 Å². The fourth-order valence-electron chi connectivity index (χ4n) is 2.09. The summed E-state index contributed by atoms with van der Waals surface area (Å²) in [6.07, 6.45) is 0. The van der Waals surface area contributed by atoms with Crippen LogP contribution in [0.4, 0.5) is 0 Å². The van der Waals surface area contributed by atoms with E-state index in [9.17, 15) is 4.79 Å². The van der Waals surface area contributed by atoms with E-state index < -0.39 is 0 Å². The van der Waals surface area contributed by atoms with Gasteiger partial charge in [0.05, 0.1) is 0 Å².